The molecule has 1 amide bonds. The molecule has 21 heavy (non-hydrogen) atoms. The number of halogens is 3. The summed E-state index contributed by atoms with van der Waals surface area (Å²) in [6, 6.07) is 0. The van der Waals surface area contributed by atoms with Gasteiger partial charge in [-0.3, -0.25) is 4.79 Å². The molecular weight excluding hydrogens is 307 g/mol. The number of nitrogens with zero attached hydrogens (tertiary/aromatic N) is 3. The summed E-state index contributed by atoms with van der Waals surface area (Å²) in [5.41, 5.74) is 5.32. The number of piperidine rings is 1. The average molecular weight is 323 g/mol. The average Bonchev–Trinajstić information content (AvgIpc) is 2.95. The third kappa shape index (κ3) is 4.03. The largest absolute Gasteiger partial charge is 0.452 e. The predicted molar refractivity (Wildman–Crippen MR) is 71.9 cm³/mol. The maximum absolute atomic E-state index is 12.5. The number of hydrogen-bond acceptors (Lipinski definition) is 6. The van der Waals surface area contributed by atoms with Gasteiger partial charge in [-0.15, -0.1) is 0 Å². The standard InChI is InChI=1S/C11H16F3N5OS/c12-11(13,14)9-17-10(21-18-9)19-5-1-2-7(6-19)8(20)16-4-3-15/h7H,1-6,15H2,(H,16,20). The number of anilines is 1. The van der Waals surface area contributed by atoms with Crippen LogP contribution in [0, 0.1) is 5.92 Å². The quantitative estimate of drug-likeness (QED) is 0.858. The van der Waals surface area contributed by atoms with Crippen LogP contribution in [-0.4, -0.2) is 41.4 Å². The number of alkyl halides is 3. The van der Waals surface area contributed by atoms with E-state index >= 15 is 0 Å². The SMILES string of the molecule is NCCNC(=O)C1CCCN(c2nc(C(F)(F)F)ns2)C1. The normalized spacial score (nSPS) is 19.6. The van der Waals surface area contributed by atoms with Crippen molar-refractivity contribution >= 4 is 22.6 Å². The Morgan fingerprint density at radius 1 is 1.52 bits per heavy atom. The summed E-state index contributed by atoms with van der Waals surface area (Å²) in [7, 11) is 0. The molecule has 1 aliphatic rings. The summed E-state index contributed by atoms with van der Waals surface area (Å²) in [5.74, 6) is -1.51. The fraction of sp³-hybridized carbons (Fsp3) is 0.727. The number of nitrogens with one attached hydrogen (secondary N) is 1. The van der Waals surface area contributed by atoms with Gasteiger partial charge in [0.1, 0.15) is 0 Å². The highest BCUT2D eigenvalue weighted by molar-refractivity contribution is 7.09. The van der Waals surface area contributed by atoms with E-state index in [1.54, 1.807) is 4.90 Å². The van der Waals surface area contributed by atoms with E-state index in [0.717, 1.165) is 6.42 Å². The summed E-state index contributed by atoms with van der Waals surface area (Å²) in [6.07, 6.45) is -3.11. The molecule has 0 bridgehead atoms. The van der Waals surface area contributed by atoms with Gasteiger partial charge in [0.2, 0.25) is 16.9 Å². The Balaban J connectivity index is 2.00. The number of rotatable bonds is 4. The van der Waals surface area contributed by atoms with Crippen molar-refractivity contribution in [1.29, 1.82) is 0 Å². The Morgan fingerprint density at radius 3 is 2.90 bits per heavy atom. The fourth-order valence-electron chi connectivity index (χ4n) is 2.16. The van der Waals surface area contributed by atoms with Crippen LogP contribution in [0.1, 0.15) is 18.7 Å². The Morgan fingerprint density at radius 2 is 2.29 bits per heavy atom. The van der Waals surface area contributed by atoms with Crippen LogP contribution in [0.25, 0.3) is 0 Å². The third-order valence-corrected chi connectivity index (χ3v) is 3.95. The number of carbonyl (C=O) groups excluding carboxylic acids is 1. The van der Waals surface area contributed by atoms with Crippen LogP contribution in [0.2, 0.25) is 0 Å². The molecule has 0 aromatic carbocycles. The third-order valence-electron chi connectivity index (χ3n) is 3.18. The number of hydrogen-bond donors (Lipinski definition) is 2. The highest BCUT2D eigenvalue weighted by Crippen LogP contribution is 2.31. The smallest absolute Gasteiger partial charge is 0.355 e. The van der Waals surface area contributed by atoms with Crippen LogP contribution in [-0.2, 0) is 11.0 Å². The zero-order valence-electron chi connectivity index (χ0n) is 11.2. The Labute approximate surface area is 123 Å². The number of nitrogens with two attached hydrogens (primary N) is 1. The first kappa shape index (κ1) is 16.0. The van der Waals surface area contributed by atoms with Crippen molar-refractivity contribution in [3.63, 3.8) is 0 Å². The van der Waals surface area contributed by atoms with Crippen LogP contribution in [0.4, 0.5) is 18.3 Å². The Kier molecular flexibility index (Phi) is 4.99. The van der Waals surface area contributed by atoms with Crippen LogP contribution < -0.4 is 16.0 Å². The lowest BCUT2D eigenvalue weighted by molar-refractivity contribution is -0.144. The molecule has 6 nitrogen and oxygen atoms in total. The van der Waals surface area contributed by atoms with Crippen molar-refractivity contribution in [1.82, 2.24) is 14.7 Å². The minimum Gasteiger partial charge on any atom is -0.355 e. The van der Waals surface area contributed by atoms with Gasteiger partial charge in [-0.1, -0.05) is 0 Å². The van der Waals surface area contributed by atoms with Gasteiger partial charge in [-0.25, -0.2) is 0 Å². The van der Waals surface area contributed by atoms with E-state index in [-0.39, 0.29) is 17.0 Å². The van der Waals surface area contributed by atoms with Crippen molar-refractivity contribution in [2.75, 3.05) is 31.1 Å². The van der Waals surface area contributed by atoms with E-state index in [0.29, 0.717) is 44.1 Å². The molecule has 0 aliphatic carbocycles. The Bertz CT molecular complexity index is 492. The molecule has 3 N–H and O–H groups in total. The maximum atomic E-state index is 12.5. The lowest BCUT2D eigenvalue weighted by Gasteiger charge is -2.31. The second-order valence-electron chi connectivity index (χ2n) is 4.76. The molecule has 1 aromatic heterocycles. The molecule has 1 fully saturated rings. The zero-order valence-corrected chi connectivity index (χ0v) is 12.0. The monoisotopic (exact) mass is 323 g/mol. The van der Waals surface area contributed by atoms with Crippen LogP contribution in [0.15, 0.2) is 0 Å². The first-order valence-corrected chi connectivity index (χ1v) is 7.33. The second-order valence-corrected chi connectivity index (χ2v) is 5.49. The van der Waals surface area contributed by atoms with Crippen molar-refractivity contribution in [3.05, 3.63) is 5.82 Å². The van der Waals surface area contributed by atoms with Gasteiger partial charge >= 0.3 is 6.18 Å². The summed E-state index contributed by atoms with van der Waals surface area (Å²) >= 11 is 0.708. The van der Waals surface area contributed by atoms with Crippen LogP contribution in [0.3, 0.4) is 0 Å². The predicted octanol–water partition coefficient (Wildman–Crippen LogP) is 0.848. The molecule has 1 aromatic rings. The number of carbonyl (C=O) groups is 1. The van der Waals surface area contributed by atoms with E-state index < -0.39 is 12.0 Å². The summed E-state index contributed by atoms with van der Waals surface area (Å²) in [6.45, 7) is 1.68. The molecule has 118 valence electrons. The van der Waals surface area contributed by atoms with E-state index in [4.69, 9.17) is 5.73 Å². The lowest BCUT2D eigenvalue weighted by atomic mass is 9.97. The maximum Gasteiger partial charge on any atom is 0.452 e. The van der Waals surface area contributed by atoms with Crippen molar-refractivity contribution < 1.29 is 18.0 Å². The van der Waals surface area contributed by atoms with Gasteiger partial charge in [0.25, 0.3) is 0 Å². The molecule has 2 heterocycles. The van der Waals surface area contributed by atoms with Crippen molar-refractivity contribution in [2.24, 2.45) is 11.7 Å². The molecule has 1 unspecified atom stereocenters. The number of amides is 1. The van der Waals surface area contributed by atoms with E-state index in [2.05, 4.69) is 14.7 Å². The summed E-state index contributed by atoms with van der Waals surface area (Å²) in [4.78, 5) is 17.1. The first-order chi connectivity index (χ1) is 9.91. The molecular formula is C11H16F3N5OS. The zero-order chi connectivity index (χ0) is 15.5. The Hall–Kier alpha value is -1.42. The van der Waals surface area contributed by atoms with Crippen molar-refractivity contribution in [3.8, 4) is 0 Å². The summed E-state index contributed by atoms with van der Waals surface area (Å²) in [5, 5.41) is 2.91. The van der Waals surface area contributed by atoms with Gasteiger partial charge < -0.3 is 16.0 Å². The van der Waals surface area contributed by atoms with Gasteiger partial charge in [0.05, 0.1) is 5.92 Å². The van der Waals surface area contributed by atoms with Crippen LogP contribution in [0.5, 0.6) is 0 Å². The number of aromatic nitrogens is 2. The summed E-state index contributed by atoms with van der Waals surface area (Å²) < 4.78 is 40.8. The first-order valence-electron chi connectivity index (χ1n) is 6.55. The second kappa shape index (κ2) is 6.56. The van der Waals surface area contributed by atoms with Gasteiger partial charge in [-0.05, 0) is 12.8 Å². The lowest BCUT2D eigenvalue weighted by Crippen LogP contribution is -2.44. The van der Waals surface area contributed by atoms with Crippen LogP contribution >= 0.6 is 11.5 Å². The molecule has 1 saturated heterocycles. The van der Waals surface area contributed by atoms with E-state index in [1.807, 2.05) is 0 Å². The molecule has 0 saturated carbocycles. The molecule has 1 atom stereocenters. The van der Waals surface area contributed by atoms with Crippen molar-refractivity contribution in [2.45, 2.75) is 19.0 Å². The highest BCUT2D eigenvalue weighted by Gasteiger charge is 2.37. The minimum absolute atomic E-state index is 0.120. The topological polar surface area (TPSA) is 84.1 Å². The molecule has 0 radical (unpaired) electrons. The fourth-order valence-corrected chi connectivity index (χ4v) is 2.88. The highest BCUT2D eigenvalue weighted by atomic mass is 32.1. The molecule has 1 aliphatic heterocycles. The molecule has 10 heteroatoms. The minimum atomic E-state index is -4.54. The van der Waals surface area contributed by atoms with Gasteiger partial charge in [0, 0.05) is 37.7 Å². The van der Waals surface area contributed by atoms with Gasteiger partial charge in [-0.2, -0.15) is 22.5 Å². The molecule has 2 rings (SSSR count). The molecule has 0 spiro atoms. The van der Waals surface area contributed by atoms with Gasteiger partial charge in [0.15, 0.2) is 0 Å². The van der Waals surface area contributed by atoms with E-state index in [9.17, 15) is 18.0 Å². The van der Waals surface area contributed by atoms with E-state index in [1.165, 1.54) is 0 Å².